The Bertz CT molecular complexity index is 635. The lowest BCUT2D eigenvalue weighted by Gasteiger charge is -2.32. The Hall–Kier alpha value is -1.46. The Morgan fingerprint density at radius 3 is 2.33 bits per heavy atom. The molecule has 0 bridgehead atoms. The molecule has 1 amide bonds. The molecule has 0 atom stereocenters. The highest BCUT2D eigenvalue weighted by molar-refractivity contribution is 5.94. The first-order valence-corrected chi connectivity index (χ1v) is 9.45. The van der Waals surface area contributed by atoms with E-state index in [2.05, 4.69) is 22.2 Å². The van der Waals surface area contributed by atoms with Gasteiger partial charge in [-0.15, -0.1) is 0 Å². The molecule has 1 N–H and O–H groups in total. The number of carbonyl (C=O) groups excluding carboxylic acids is 1. The van der Waals surface area contributed by atoms with Gasteiger partial charge in [-0.25, -0.2) is 0 Å². The number of aryl methyl sites for hydroxylation is 2. The SMILES string of the molecule is CN1CCN(CC(=O)Nc2c3c(nc4c2CCC4)CCCC3)CC1. The Labute approximate surface area is 144 Å². The quantitative estimate of drug-likeness (QED) is 0.916. The van der Waals surface area contributed by atoms with E-state index in [0.29, 0.717) is 6.54 Å². The molecule has 0 saturated carbocycles. The summed E-state index contributed by atoms with van der Waals surface area (Å²) in [6.45, 7) is 4.58. The minimum atomic E-state index is 0.146. The van der Waals surface area contributed by atoms with Crippen LogP contribution in [0, 0.1) is 0 Å². The second kappa shape index (κ2) is 6.81. The van der Waals surface area contributed by atoms with Crippen LogP contribution < -0.4 is 5.32 Å². The molecule has 4 rings (SSSR count). The fourth-order valence-corrected chi connectivity index (χ4v) is 4.29. The van der Waals surface area contributed by atoms with Crippen molar-refractivity contribution < 1.29 is 4.79 Å². The zero-order valence-corrected chi connectivity index (χ0v) is 14.7. The van der Waals surface area contributed by atoms with Crippen LogP contribution in [-0.4, -0.2) is 60.5 Å². The number of anilines is 1. The molecular formula is C19H28N4O. The van der Waals surface area contributed by atoms with Gasteiger partial charge in [-0.2, -0.15) is 0 Å². The number of rotatable bonds is 3. The van der Waals surface area contributed by atoms with Crippen molar-refractivity contribution in [3.05, 3.63) is 22.5 Å². The lowest BCUT2D eigenvalue weighted by Crippen LogP contribution is -2.47. The first-order valence-electron chi connectivity index (χ1n) is 9.45. The number of hydrogen-bond donors (Lipinski definition) is 1. The number of piperazine rings is 1. The molecule has 1 aliphatic heterocycles. The summed E-state index contributed by atoms with van der Waals surface area (Å²) in [7, 11) is 2.14. The number of likely N-dealkylation sites (N-methyl/N-ethyl adjacent to an activating group) is 1. The van der Waals surface area contributed by atoms with Crippen LogP contribution >= 0.6 is 0 Å². The maximum Gasteiger partial charge on any atom is 0.238 e. The molecule has 3 aliphatic rings. The van der Waals surface area contributed by atoms with Crippen molar-refractivity contribution in [2.45, 2.75) is 44.9 Å². The van der Waals surface area contributed by atoms with Crippen LogP contribution in [-0.2, 0) is 30.5 Å². The van der Waals surface area contributed by atoms with E-state index < -0.39 is 0 Å². The van der Waals surface area contributed by atoms with E-state index in [4.69, 9.17) is 4.98 Å². The zero-order valence-electron chi connectivity index (χ0n) is 14.7. The summed E-state index contributed by atoms with van der Waals surface area (Å²) < 4.78 is 0. The van der Waals surface area contributed by atoms with Crippen molar-refractivity contribution in [2.24, 2.45) is 0 Å². The topological polar surface area (TPSA) is 48.5 Å². The van der Waals surface area contributed by atoms with E-state index in [1.807, 2.05) is 0 Å². The molecule has 2 heterocycles. The molecule has 24 heavy (non-hydrogen) atoms. The van der Waals surface area contributed by atoms with Gasteiger partial charge >= 0.3 is 0 Å². The molecule has 2 aliphatic carbocycles. The second-order valence-corrected chi connectivity index (χ2v) is 7.53. The van der Waals surface area contributed by atoms with Gasteiger partial charge in [0.05, 0.1) is 12.2 Å². The Kier molecular flexibility index (Phi) is 4.55. The molecule has 0 unspecified atom stereocenters. The van der Waals surface area contributed by atoms with Gasteiger partial charge in [0.2, 0.25) is 5.91 Å². The van der Waals surface area contributed by atoms with Gasteiger partial charge in [0.15, 0.2) is 0 Å². The Balaban J connectivity index is 1.51. The average molecular weight is 328 g/mol. The number of hydrogen-bond acceptors (Lipinski definition) is 4. The third-order valence-electron chi connectivity index (χ3n) is 5.73. The van der Waals surface area contributed by atoms with E-state index in [1.165, 1.54) is 41.8 Å². The van der Waals surface area contributed by atoms with E-state index >= 15 is 0 Å². The van der Waals surface area contributed by atoms with E-state index in [-0.39, 0.29) is 5.91 Å². The molecule has 0 spiro atoms. The van der Waals surface area contributed by atoms with Crippen LogP contribution in [0.1, 0.15) is 41.8 Å². The summed E-state index contributed by atoms with van der Waals surface area (Å²) in [6.07, 6.45) is 7.90. The third kappa shape index (κ3) is 3.20. The lowest BCUT2D eigenvalue weighted by atomic mass is 9.92. The van der Waals surface area contributed by atoms with Gasteiger partial charge in [0.1, 0.15) is 0 Å². The zero-order chi connectivity index (χ0) is 16.5. The van der Waals surface area contributed by atoms with Crippen LogP contribution in [0.15, 0.2) is 0 Å². The highest BCUT2D eigenvalue weighted by Crippen LogP contribution is 2.35. The van der Waals surface area contributed by atoms with Crippen LogP contribution in [0.2, 0.25) is 0 Å². The lowest BCUT2D eigenvalue weighted by molar-refractivity contribution is -0.117. The monoisotopic (exact) mass is 328 g/mol. The standard InChI is InChI=1S/C19H28N4O/c1-22-9-11-23(12-10-22)13-18(24)21-19-14-5-2-3-7-16(14)20-17-8-4-6-15(17)19/h2-13H2,1H3,(H,20,21,24). The predicted molar refractivity (Wildman–Crippen MR) is 95.5 cm³/mol. The van der Waals surface area contributed by atoms with Gasteiger partial charge in [-0.05, 0) is 63.1 Å². The highest BCUT2D eigenvalue weighted by Gasteiger charge is 2.26. The van der Waals surface area contributed by atoms with Crippen LogP contribution in [0.5, 0.6) is 0 Å². The molecule has 130 valence electrons. The molecular weight excluding hydrogens is 300 g/mol. The maximum atomic E-state index is 12.7. The number of fused-ring (bicyclic) bond motifs is 2. The van der Waals surface area contributed by atoms with Crippen molar-refractivity contribution in [1.29, 1.82) is 0 Å². The number of nitrogens with one attached hydrogen (secondary N) is 1. The molecule has 1 saturated heterocycles. The fourth-order valence-electron chi connectivity index (χ4n) is 4.29. The largest absolute Gasteiger partial charge is 0.324 e. The molecule has 1 aromatic heterocycles. The summed E-state index contributed by atoms with van der Waals surface area (Å²) in [5, 5.41) is 3.29. The first-order chi connectivity index (χ1) is 11.7. The molecule has 0 radical (unpaired) electrons. The number of pyridine rings is 1. The Morgan fingerprint density at radius 1 is 0.958 bits per heavy atom. The summed E-state index contributed by atoms with van der Waals surface area (Å²) >= 11 is 0. The highest BCUT2D eigenvalue weighted by atomic mass is 16.2. The first kappa shape index (κ1) is 16.0. The summed E-state index contributed by atoms with van der Waals surface area (Å²) in [4.78, 5) is 22.2. The van der Waals surface area contributed by atoms with Crippen LogP contribution in [0.4, 0.5) is 5.69 Å². The maximum absolute atomic E-state index is 12.7. The van der Waals surface area contributed by atoms with Gasteiger partial charge in [0, 0.05) is 37.6 Å². The second-order valence-electron chi connectivity index (χ2n) is 7.53. The smallest absolute Gasteiger partial charge is 0.238 e. The van der Waals surface area contributed by atoms with E-state index in [1.54, 1.807) is 0 Å². The molecule has 5 nitrogen and oxygen atoms in total. The van der Waals surface area contributed by atoms with Gasteiger partial charge in [0.25, 0.3) is 0 Å². The van der Waals surface area contributed by atoms with Crippen molar-refractivity contribution in [1.82, 2.24) is 14.8 Å². The Morgan fingerprint density at radius 2 is 1.58 bits per heavy atom. The fraction of sp³-hybridized carbons (Fsp3) is 0.684. The van der Waals surface area contributed by atoms with Crippen molar-refractivity contribution in [3.8, 4) is 0 Å². The molecule has 1 fully saturated rings. The van der Waals surface area contributed by atoms with Gasteiger partial charge < -0.3 is 10.2 Å². The summed E-state index contributed by atoms with van der Waals surface area (Å²) in [5.74, 6) is 0.146. The summed E-state index contributed by atoms with van der Waals surface area (Å²) in [6, 6.07) is 0. The number of aromatic nitrogens is 1. The molecule has 1 aromatic rings. The normalized spacial score (nSPS) is 21.4. The number of amides is 1. The van der Waals surface area contributed by atoms with E-state index in [9.17, 15) is 4.79 Å². The van der Waals surface area contributed by atoms with Crippen LogP contribution in [0.25, 0.3) is 0 Å². The minimum Gasteiger partial charge on any atom is -0.324 e. The van der Waals surface area contributed by atoms with E-state index in [0.717, 1.165) is 57.5 Å². The predicted octanol–water partition coefficient (Wildman–Crippen LogP) is 1.63. The van der Waals surface area contributed by atoms with Gasteiger partial charge in [-0.1, -0.05) is 0 Å². The molecule has 0 aromatic carbocycles. The van der Waals surface area contributed by atoms with Crippen LogP contribution in [0.3, 0.4) is 0 Å². The third-order valence-corrected chi connectivity index (χ3v) is 5.73. The number of carbonyl (C=O) groups is 1. The van der Waals surface area contributed by atoms with Gasteiger partial charge in [-0.3, -0.25) is 14.7 Å². The minimum absolute atomic E-state index is 0.146. The molecule has 5 heteroatoms. The van der Waals surface area contributed by atoms with Crippen molar-refractivity contribution in [3.63, 3.8) is 0 Å². The number of nitrogens with zero attached hydrogens (tertiary/aromatic N) is 3. The average Bonchev–Trinajstić information content (AvgIpc) is 3.05. The van der Waals surface area contributed by atoms with Crippen molar-refractivity contribution >= 4 is 11.6 Å². The summed E-state index contributed by atoms with van der Waals surface area (Å²) in [5.41, 5.74) is 6.27. The van der Waals surface area contributed by atoms with Crippen molar-refractivity contribution in [2.75, 3.05) is 45.1 Å².